The predicted molar refractivity (Wildman–Crippen MR) is 66.7 cm³/mol. The van der Waals surface area contributed by atoms with Gasteiger partial charge in [0.15, 0.2) is 5.78 Å². The molecule has 2 nitrogen and oxygen atoms in total. The average molecular weight is 231 g/mol. The van der Waals surface area contributed by atoms with Gasteiger partial charge in [-0.1, -0.05) is 24.3 Å². The summed E-state index contributed by atoms with van der Waals surface area (Å²) in [6, 6.07) is 9.68. The first-order valence-corrected chi connectivity index (χ1v) is 6.08. The summed E-state index contributed by atoms with van der Waals surface area (Å²) in [6.45, 7) is 0.479. The quantitative estimate of drug-likeness (QED) is 0.822. The van der Waals surface area contributed by atoms with Crippen LogP contribution in [0.4, 0.5) is 0 Å². The van der Waals surface area contributed by atoms with E-state index < -0.39 is 0 Å². The summed E-state index contributed by atoms with van der Waals surface area (Å²) in [5.74, 6) is 0.155. The molecule has 0 fully saturated rings. The summed E-state index contributed by atoms with van der Waals surface area (Å²) in [5, 5.41) is 3.80. The highest BCUT2D eigenvalue weighted by Gasteiger charge is 2.09. The van der Waals surface area contributed by atoms with Crippen molar-refractivity contribution in [2.45, 2.75) is 13.0 Å². The number of benzene rings is 1. The van der Waals surface area contributed by atoms with Crippen LogP contribution in [0.25, 0.3) is 0 Å². The van der Waals surface area contributed by atoms with E-state index in [2.05, 4.69) is 0 Å². The third-order valence-corrected chi connectivity index (χ3v) is 3.22. The predicted octanol–water partition coefficient (Wildman–Crippen LogP) is 2.63. The lowest BCUT2D eigenvalue weighted by Crippen LogP contribution is -2.07. The van der Waals surface area contributed by atoms with E-state index in [0.717, 1.165) is 16.7 Å². The van der Waals surface area contributed by atoms with E-state index in [1.54, 1.807) is 11.3 Å². The van der Waals surface area contributed by atoms with Crippen LogP contribution >= 0.6 is 11.3 Å². The maximum absolute atomic E-state index is 11.9. The van der Waals surface area contributed by atoms with E-state index in [1.165, 1.54) is 0 Å². The molecule has 0 radical (unpaired) electrons. The lowest BCUT2D eigenvalue weighted by atomic mass is 10.0. The van der Waals surface area contributed by atoms with Crippen molar-refractivity contribution in [3.63, 3.8) is 0 Å². The summed E-state index contributed by atoms with van der Waals surface area (Å²) in [5.41, 5.74) is 8.50. The first-order chi connectivity index (χ1) is 7.81. The topological polar surface area (TPSA) is 43.1 Å². The number of hydrogen-bond acceptors (Lipinski definition) is 3. The van der Waals surface area contributed by atoms with Gasteiger partial charge in [-0.05, 0) is 22.6 Å². The number of carbonyl (C=O) groups excluding carboxylic acids is 1. The number of rotatable bonds is 4. The molecule has 2 rings (SSSR count). The van der Waals surface area contributed by atoms with Crippen LogP contribution in [-0.4, -0.2) is 5.78 Å². The summed E-state index contributed by atoms with van der Waals surface area (Å²) in [6.07, 6.45) is 0.435. The maximum Gasteiger partial charge on any atom is 0.168 e. The van der Waals surface area contributed by atoms with Gasteiger partial charge in [0.1, 0.15) is 0 Å². The van der Waals surface area contributed by atoms with Gasteiger partial charge < -0.3 is 5.73 Å². The Balaban J connectivity index is 2.18. The second-order valence-electron chi connectivity index (χ2n) is 3.58. The number of Topliss-reactive ketones (excluding diaryl/α,β-unsaturated/α-hetero) is 1. The second kappa shape index (κ2) is 5.05. The fraction of sp³-hybridized carbons (Fsp3) is 0.154. The summed E-state index contributed by atoms with van der Waals surface area (Å²) in [4.78, 5) is 11.9. The van der Waals surface area contributed by atoms with E-state index in [4.69, 9.17) is 5.73 Å². The minimum Gasteiger partial charge on any atom is -0.326 e. The average Bonchev–Trinajstić information content (AvgIpc) is 2.83. The van der Waals surface area contributed by atoms with Crippen molar-refractivity contribution in [2.75, 3.05) is 0 Å². The first kappa shape index (κ1) is 11.0. The molecular weight excluding hydrogens is 218 g/mol. The molecule has 0 aliphatic carbocycles. The Bertz CT molecular complexity index is 476. The highest BCUT2D eigenvalue weighted by molar-refractivity contribution is 7.08. The lowest BCUT2D eigenvalue weighted by Gasteiger charge is -2.05. The van der Waals surface area contributed by atoms with Crippen molar-refractivity contribution in [2.24, 2.45) is 5.73 Å². The highest BCUT2D eigenvalue weighted by atomic mass is 32.1. The standard InChI is InChI=1S/C13H13NOS/c14-8-11-4-2-1-3-10(11)7-13(15)12-5-6-16-9-12/h1-6,9H,7-8,14H2. The van der Waals surface area contributed by atoms with Crippen LogP contribution in [0.2, 0.25) is 0 Å². The van der Waals surface area contributed by atoms with Gasteiger partial charge in [0, 0.05) is 23.9 Å². The van der Waals surface area contributed by atoms with Gasteiger partial charge in [0.2, 0.25) is 0 Å². The van der Waals surface area contributed by atoms with Crippen LogP contribution in [0.1, 0.15) is 21.5 Å². The molecule has 16 heavy (non-hydrogen) atoms. The van der Waals surface area contributed by atoms with Crippen molar-refractivity contribution >= 4 is 17.1 Å². The monoisotopic (exact) mass is 231 g/mol. The molecule has 0 aliphatic heterocycles. The minimum absolute atomic E-state index is 0.155. The Hall–Kier alpha value is -1.45. The van der Waals surface area contributed by atoms with Crippen molar-refractivity contribution in [1.82, 2.24) is 0 Å². The molecule has 0 saturated heterocycles. The Morgan fingerprint density at radius 1 is 1.19 bits per heavy atom. The van der Waals surface area contributed by atoms with Crippen molar-refractivity contribution in [3.05, 3.63) is 57.8 Å². The zero-order valence-electron chi connectivity index (χ0n) is 8.85. The van der Waals surface area contributed by atoms with Crippen molar-refractivity contribution in [1.29, 1.82) is 0 Å². The molecular formula is C13H13NOS. The van der Waals surface area contributed by atoms with Gasteiger partial charge in [-0.25, -0.2) is 0 Å². The van der Waals surface area contributed by atoms with Gasteiger partial charge in [-0.2, -0.15) is 11.3 Å². The van der Waals surface area contributed by atoms with Crippen LogP contribution in [-0.2, 0) is 13.0 Å². The first-order valence-electron chi connectivity index (χ1n) is 5.13. The molecule has 1 aromatic heterocycles. The number of carbonyl (C=O) groups is 1. The summed E-state index contributed by atoms with van der Waals surface area (Å²) < 4.78 is 0. The Kier molecular flexibility index (Phi) is 3.49. The lowest BCUT2D eigenvalue weighted by molar-refractivity contribution is 0.0993. The third-order valence-electron chi connectivity index (χ3n) is 2.53. The van der Waals surface area contributed by atoms with Crippen LogP contribution in [0.3, 0.4) is 0 Å². The van der Waals surface area contributed by atoms with Crippen molar-refractivity contribution < 1.29 is 4.79 Å². The van der Waals surface area contributed by atoms with Gasteiger partial charge in [-0.15, -0.1) is 0 Å². The molecule has 0 saturated carbocycles. The fourth-order valence-corrected chi connectivity index (χ4v) is 2.29. The fourth-order valence-electron chi connectivity index (χ4n) is 1.63. The molecule has 82 valence electrons. The van der Waals surface area contributed by atoms with Gasteiger partial charge in [-0.3, -0.25) is 4.79 Å². The van der Waals surface area contributed by atoms with Crippen molar-refractivity contribution in [3.8, 4) is 0 Å². The molecule has 2 N–H and O–H groups in total. The Morgan fingerprint density at radius 3 is 2.56 bits per heavy atom. The van der Waals surface area contributed by atoms with Crippen LogP contribution in [0, 0.1) is 0 Å². The number of hydrogen-bond donors (Lipinski definition) is 1. The van der Waals surface area contributed by atoms with Gasteiger partial charge in [0.25, 0.3) is 0 Å². The molecule has 0 bridgehead atoms. The molecule has 0 aliphatic rings. The molecule has 3 heteroatoms. The maximum atomic E-state index is 11.9. The smallest absolute Gasteiger partial charge is 0.168 e. The number of thiophene rings is 1. The highest BCUT2D eigenvalue weighted by Crippen LogP contribution is 2.14. The normalized spacial score (nSPS) is 10.3. The summed E-state index contributed by atoms with van der Waals surface area (Å²) >= 11 is 1.54. The van der Waals surface area contributed by atoms with E-state index in [-0.39, 0.29) is 5.78 Å². The van der Waals surface area contributed by atoms with Crippen LogP contribution in [0.15, 0.2) is 41.1 Å². The second-order valence-corrected chi connectivity index (χ2v) is 4.36. The summed E-state index contributed by atoms with van der Waals surface area (Å²) in [7, 11) is 0. The number of ketones is 1. The van der Waals surface area contributed by atoms with Crippen LogP contribution in [0.5, 0.6) is 0 Å². The SMILES string of the molecule is NCc1ccccc1CC(=O)c1ccsc1. The van der Waals surface area contributed by atoms with E-state index in [1.807, 2.05) is 41.1 Å². The molecule has 0 atom stereocenters. The van der Waals surface area contributed by atoms with E-state index >= 15 is 0 Å². The minimum atomic E-state index is 0.155. The van der Waals surface area contributed by atoms with Crippen LogP contribution < -0.4 is 5.73 Å². The third kappa shape index (κ3) is 2.38. The zero-order valence-corrected chi connectivity index (χ0v) is 9.67. The molecule has 1 heterocycles. The largest absolute Gasteiger partial charge is 0.326 e. The zero-order chi connectivity index (χ0) is 11.4. The van der Waals surface area contributed by atoms with Gasteiger partial charge in [0.05, 0.1) is 0 Å². The molecule has 1 aromatic carbocycles. The Labute approximate surface area is 98.7 Å². The number of nitrogens with two attached hydrogens (primary N) is 1. The van der Waals surface area contributed by atoms with E-state index in [0.29, 0.717) is 13.0 Å². The Morgan fingerprint density at radius 2 is 1.94 bits per heavy atom. The molecule has 0 spiro atoms. The molecule has 0 unspecified atom stereocenters. The van der Waals surface area contributed by atoms with E-state index in [9.17, 15) is 4.79 Å². The molecule has 2 aromatic rings. The molecule has 0 amide bonds. The van der Waals surface area contributed by atoms with Gasteiger partial charge >= 0.3 is 0 Å².